The van der Waals surface area contributed by atoms with Crippen molar-refractivity contribution in [1.82, 2.24) is 10.2 Å². The van der Waals surface area contributed by atoms with Crippen LogP contribution in [-0.2, 0) is 11.2 Å². The lowest BCUT2D eigenvalue weighted by Crippen LogP contribution is -2.45. The zero-order valence-electron chi connectivity index (χ0n) is 17.7. The molecule has 30 heavy (non-hydrogen) atoms. The summed E-state index contributed by atoms with van der Waals surface area (Å²) in [5.41, 5.74) is 1.63. The first-order valence-electron chi connectivity index (χ1n) is 10.7. The van der Waals surface area contributed by atoms with Gasteiger partial charge in [0.1, 0.15) is 11.3 Å². The van der Waals surface area contributed by atoms with Gasteiger partial charge < -0.3 is 19.4 Å². The molecule has 7 heteroatoms. The van der Waals surface area contributed by atoms with Gasteiger partial charge in [0, 0.05) is 42.6 Å². The highest BCUT2D eigenvalue weighted by atomic mass is 35.5. The minimum atomic E-state index is -0.362. The van der Waals surface area contributed by atoms with Gasteiger partial charge in [-0.3, -0.25) is 4.79 Å². The highest BCUT2D eigenvalue weighted by Crippen LogP contribution is 2.28. The van der Waals surface area contributed by atoms with Crippen LogP contribution in [0, 0.1) is 12.8 Å². The maximum atomic E-state index is 12.7. The number of ether oxygens (including phenoxy) is 1. The molecule has 2 heterocycles. The van der Waals surface area contributed by atoms with E-state index in [0.29, 0.717) is 35.8 Å². The lowest BCUT2D eigenvalue weighted by Gasteiger charge is -2.32. The van der Waals surface area contributed by atoms with E-state index in [1.807, 2.05) is 24.0 Å². The Bertz CT molecular complexity index is 946. The van der Waals surface area contributed by atoms with Gasteiger partial charge in [-0.05, 0) is 69.2 Å². The molecule has 1 saturated heterocycles. The van der Waals surface area contributed by atoms with Gasteiger partial charge in [-0.15, -0.1) is 12.4 Å². The van der Waals surface area contributed by atoms with Gasteiger partial charge in [0.2, 0.25) is 5.91 Å². The third kappa shape index (κ3) is 5.16. The number of nitrogens with zero attached hydrogens (tertiary/aromatic N) is 1. The van der Waals surface area contributed by atoms with Crippen molar-refractivity contribution in [2.24, 2.45) is 5.92 Å². The van der Waals surface area contributed by atoms with Gasteiger partial charge in [-0.25, -0.2) is 4.79 Å². The Morgan fingerprint density at radius 1 is 1.23 bits per heavy atom. The van der Waals surface area contributed by atoms with E-state index < -0.39 is 0 Å². The third-order valence-electron chi connectivity index (χ3n) is 6.32. The Labute approximate surface area is 183 Å². The first-order valence-corrected chi connectivity index (χ1v) is 10.7. The average Bonchev–Trinajstić information content (AvgIpc) is 3.56. The largest absolute Gasteiger partial charge is 0.497 e. The Balaban J connectivity index is 0.00000256. The van der Waals surface area contributed by atoms with Crippen molar-refractivity contribution >= 4 is 29.3 Å². The van der Waals surface area contributed by atoms with E-state index in [1.54, 1.807) is 13.2 Å². The molecule has 0 spiro atoms. The lowest BCUT2D eigenvalue weighted by molar-refractivity contribution is -0.132. The normalized spacial score (nSPS) is 17.1. The molecule has 2 fully saturated rings. The Kier molecular flexibility index (Phi) is 7.42. The van der Waals surface area contributed by atoms with E-state index >= 15 is 0 Å². The van der Waals surface area contributed by atoms with Gasteiger partial charge in [0.05, 0.1) is 7.11 Å². The number of hydrogen-bond acceptors (Lipinski definition) is 5. The Hall–Kier alpha value is -2.05. The fraction of sp³-hybridized carbons (Fsp3) is 0.565. The average molecular weight is 435 g/mol. The summed E-state index contributed by atoms with van der Waals surface area (Å²) in [6.45, 7) is 4.64. The minimum absolute atomic E-state index is 0. The van der Waals surface area contributed by atoms with Gasteiger partial charge in [0.25, 0.3) is 0 Å². The maximum Gasteiger partial charge on any atom is 0.339 e. The van der Waals surface area contributed by atoms with Crippen LogP contribution in [0.1, 0.15) is 43.2 Å². The number of halogens is 1. The van der Waals surface area contributed by atoms with E-state index in [9.17, 15) is 9.59 Å². The summed E-state index contributed by atoms with van der Waals surface area (Å²) >= 11 is 0. The van der Waals surface area contributed by atoms with Crippen molar-refractivity contribution in [3.63, 3.8) is 0 Å². The van der Waals surface area contributed by atoms with E-state index in [4.69, 9.17) is 9.15 Å². The van der Waals surface area contributed by atoms with Crippen LogP contribution in [-0.4, -0.2) is 43.6 Å². The predicted molar refractivity (Wildman–Crippen MR) is 120 cm³/mol. The summed E-state index contributed by atoms with van der Waals surface area (Å²) in [7, 11) is 1.58. The number of amides is 1. The van der Waals surface area contributed by atoms with E-state index in [-0.39, 0.29) is 23.9 Å². The zero-order valence-corrected chi connectivity index (χ0v) is 18.6. The molecule has 1 aromatic heterocycles. The number of nitrogens with one attached hydrogen (secondary N) is 1. The second-order valence-corrected chi connectivity index (χ2v) is 8.36. The number of benzene rings is 1. The number of carbonyl (C=O) groups is 1. The molecule has 1 aliphatic heterocycles. The van der Waals surface area contributed by atoms with Crippen LogP contribution in [0.4, 0.5) is 0 Å². The molecule has 4 rings (SSSR count). The molecular formula is C23H31ClN2O4. The van der Waals surface area contributed by atoms with Crippen LogP contribution in [0.2, 0.25) is 0 Å². The van der Waals surface area contributed by atoms with Crippen LogP contribution in [0.15, 0.2) is 27.4 Å². The summed E-state index contributed by atoms with van der Waals surface area (Å²) < 4.78 is 10.7. The topological polar surface area (TPSA) is 71.8 Å². The number of fused-ring (bicyclic) bond motifs is 1. The molecule has 0 unspecified atom stereocenters. The van der Waals surface area contributed by atoms with Gasteiger partial charge in [0.15, 0.2) is 0 Å². The van der Waals surface area contributed by atoms with Gasteiger partial charge in [-0.2, -0.15) is 0 Å². The van der Waals surface area contributed by atoms with E-state index in [2.05, 4.69) is 5.32 Å². The number of carbonyl (C=O) groups excluding carboxylic acids is 1. The molecule has 1 aliphatic carbocycles. The molecule has 164 valence electrons. The SMILES string of the molecule is COc1ccc2c(C)c(CCC(=O)N3CCC(NCC4CC4)CC3)c(=O)oc2c1.Cl. The van der Waals surface area contributed by atoms with Crippen molar-refractivity contribution in [2.75, 3.05) is 26.7 Å². The number of aryl methyl sites for hydroxylation is 1. The summed E-state index contributed by atoms with van der Waals surface area (Å²) in [4.78, 5) is 27.1. The molecule has 1 N–H and O–H groups in total. The molecular weight excluding hydrogens is 404 g/mol. The fourth-order valence-corrected chi connectivity index (χ4v) is 4.17. The van der Waals surface area contributed by atoms with Crippen LogP contribution in [0.5, 0.6) is 5.75 Å². The van der Waals surface area contributed by atoms with Gasteiger partial charge in [-0.1, -0.05) is 0 Å². The Morgan fingerprint density at radius 3 is 2.63 bits per heavy atom. The Morgan fingerprint density at radius 2 is 1.97 bits per heavy atom. The quantitative estimate of drug-likeness (QED) is 0.676. The van der Waals surface area contributed by atoms with Crippen LogP contribution in [0.25, 0.3) is 11.0 Å². The minimum Gasteiger partial charge on any atom is -0.497 e. The van der Waals surface area contributed by atoms with Crippen molar-refractivity contribution < 1.29 is 13.9 Å². The van der Waals surface area contributed by atoms with Gasteiger partial charge >= 0.3 is 5.63 Å². The fourth-order valence-electron chi connectivity index (χ4n) is 4.17. The van der Waals surface area contributed by atoms with Crippen LogP contribution >= 0.6 is 12.4 Å². The monoisotopic (exact) mass is 434 g/mol. The molecule has 1 aromatic carbocycles. The van der Waals surface area contributed by atoms with Crippen molar-refractivity contribution in [1.29, 1.82) is 0 Å². The third-order valence-corrected chi connectivity index (χ3v) is 6.32. The van der Waals surface area contributed by atoms with Crippen molar-refractivity contribution in [2.45, 2.75) is 51.5 Å². The highest BCUT2D eigenvalue weighted by Gasteiger charge is 2.26. The molecule has 0 atom stereocenters. The molecule has 0 bridgehead atoms. The molecule has 1 amide bonds. The first-order chi connectivity index (χ1) is 14.0. The lowest BCUT2D eigenvalue weighted by atomic mass is 10.0. The van der Waals surface area contributed by atoms with E-state index in [1.165, 1.54) is 12.8 Å². The number of likely N-dealkylation sites (tertiary alicyclic amines) is 1. The van der Waals surface area contributed by atoms with Crippen molar-refractivity contribution in [3.05, 3.63) is 39.7 Å². The summed E-state index contributed by atoms with van der Waals surface area (Å²) in [6.07, 6.45) is 5.50. The highest BCUT2D eigenvalue weighted by molar-refractivity contribution is 5.85. The second-order valence-electron chi connectivity index (χ2n) is 8.36. The molecule has 2 aromatic rings. The number of piperidine rings is 1. The molecule has 2 aliphatic rings. The summed E-state index contributed by atoms with van der Waals surface area (Å²) in [6, 6.07) is 6.01. The maximum absolute atomic E-state index is 12.7. The van der Waals surface area contributed by atoms with Crippen LogP contribution in [0.3, 0.4) is 0 Å². The summed E-state index contributed by atoms with van der Waals surface area (Å²) in [5.74, 6) is 1.66. The molecule has 0 radical (unpaired) electrons. The zero-order chi connectivity index (χ0) is 20.4. The number of methoxy groups -OCH3 is 1. The molecule has 6 nitrogen and oxygen atoms in total. The first kappa shape index (κ1) is 22.6. The predicted octanol–water partition coefficient (Wildman–Crippen LogP) is 3.46. The molecule has 1 saturated carbocycles. The second kappa shape index (κ2) is 9.84. The number of rotatable bonds is 7. The van der Waals surface area contributed by atoms with E-state index in [0.717, 1.165) is 49.3 Å². The standard InChI is InChI=1S/C23H30N2O4.ClH/c1-15-19-6-5-18(28-2)13-21(19)29-23(27)20(15)7-8-22(26)25-11-9-17(10-12-25)24-14-16-3-4-16;/h5-6,13,16-17,24H,3-4,7-12,14H2,1-2H3;1H. The smallest absolute Gasteiger partial charge is 0.339 e. The van der Waals surface area contributed by atoms with Crippen molar-refractivity contribution in [3.8, 4) is 5.75 Å². The van der Waals surface area contributed by atoms with Crippen LogP contribution < -0.4 is 15.7 Å². The summed E-state index contributed by atoms with van der Waals surface area (Å²) in [5, 5.41) is 4.52. The number of hydrogen-bond donors (Lipinski definition) is 1.